The molecule has 2 rings (SSSR count). The lowest BCUT2D eigenvalue weighted by atomic mass is 9.97. The fourth-order valence-corrected chi connectivity index (χ4v) is 2.88. The molecule has 0 amide bonds. The van der Waals surface area contributed by atoms with E-state index in [4.69, 9.17) is 18.9 Å². The SMILES string of the molecule is CCCOc1c(C(=O)OCC)c(C(=O)OCC)c(OCCC)c2ccccc12. The molecule has 0 spiro atoms. The number of benzene rings is 2. The molecular weight excluding hydrogens is 360 g/mol. The third kappa shape index (κ3) is 4.55. The predicted octanol–water partition coefficient (Wildman–Crippen LogP) is 4.77. The first kappa shape index (κ1) is 21.5. The van der Waals surface area contributed by atoms with Gasteiger partial charge in [-0.15, -0.1) is 0 Å². The van der Waals surface area contributed by atoms with Gasteiger partial charge >= 0.3 is 11.9 Å². The van der Waals surface area contributed by atoms with Crippen molar-refractivity contribution in [3.8, 4) is 11.5 Å². The molecule has 6 nitrogen and oxygen atoms in total. The van der Waals surface area contributed by atoms with Gasteiger partial charge in [0, 0.05) is 10.8 Å². The second-order valence-electron chi connectivity index (χ2n) is 6.09. The van der Waals surface area contributed by atoms with Gasteiger partial charge in [0.2, 0.25) is 0 Å². The summed E-state index contributed by atoms with van der Waals surface area (Å²) in [6.07, 6.45) is 1.50. The van der Waals surface area contributed by atoms with Gasteiger partial charge in [-0.1, -0.05) is 38.1 Å². The molecular formula is C22H28O6. The van der Waals surface area contributed by atoms with Crippen LogP contribution in [0.25, 0.3) is 10.8 Å². The van der Waals surface area contributed by atoms with Crippen LogP contribution in [0.2, 0.25) is 0 Å². The highest BCUT2D eigenvalue weighted by Gasteiger charge is 2.32. The van der Waals surface area contributed by atoms with Crippen molar-refractivity contribution in [2.75, 3.05) is 26.4 Å². The van der Waals surface area contributed by atoms with Crippen molar-refractivity contribution < 1.29 is 28.5 Å². The molecule has 2 aromatic carbocycles. The largest absolute Gasteiger partial charge is 0.492 e. The Morgan fingerprint density at radius 1 is 0.714 bits per heavy atom. The van der Waals surface area contributed by atoms with Crippen LogP contribution in [0.5, 0.6) is 11.5 Å². The molecule has 0 atom stereocenters. The smallest absolute Gasteiger partial charge is 0.342 e. The molecule has 0 saturated carbocycles. The normalized spacial score (nSPS) is 10.6. The van der Waals surface area contributed by atoms with E-state index in [9.17, 15) is 9.59 Å². The molecule has 0 aliphatic rings. The van der Waals surface area contributed by atoms with Crippen molar-refractivity contribution >= 4 is 22.7 Å². The Labute approximate surface area is 165 Å². The quantitative estimate of drug-likeness (QED) is 0.546. The summed E-state index contributed by atoms with van der Waals surface area (Å²) in [5, 5.41) is 1.39. The molecule has 0 aliphatic heterocycles. The average Bonchev–Trinajstić information content (AvgIpc) is 2.70. The molecule has 0 N–H and O–H groups in total. The van der Waals surface area contributed by atoms with E-state index >= 15 is 0 Å². The number of hydrogen-bond donors (Lipinski definition) is 0. The third-order valence-corrected chi connectivity index (χ3v) is 3.98. The summed E-state index contributed by atoms with van der Waals surface area (Å²) in [6, 6.07) is 7.39. The van der Waals surface area contributed by atoms with Gasteiger partial charge in [0.15, 0.2) is 0 Å². The standard InChI is InChI=1S/C22H28O6/c1-5-13-27-19-15-11-9-10-12-16(15)20(28-14-6-2)18(22(24)26-8-4)17(19)21(23)25-7-3/h9-12H,5-8,13-14H2,1-4H3. The van der Waals surface area contributed by atoms with Crippen LogP contribution in [0.15, 0.2) is 24.3 Å². The predicted molar refractivity (Wildman–Crippen MR) is 107 cm³/mol. The van der Waals surface area contributed by atoms with E-state index in [2.05, 4.69) is 0 Å². The molecule has 0 fully saturated rings. The number of carbonyl (C=O) groups excluding carboxylic acids is 2. The van der Waals surface area contributed by atoms with Crippen LogP contribution in [-0.4, -0.2) is 38.4 Å². The first-order valence-electron chi connectivity index (χ1n) is 9.79. The van der Waals surface area contributed by atoms with Crippen LogP contribution < -0.4 is 9.47 Å². The summed E-state index contributed by atoms with van der Waals surface area (Å²) in [4.78, 5) is 25.7. The van der Waals surface area contributed by atoms with Crippen LogP contribution in [0.3, 0.4) is 0 Å². The summed E-state index contributed by atoms with van der Waals surface area (Å²) < 4.78 is 22.3. The minimum atomic E-state index is -0.635. The van der Waals surface area contributed by atoms with E-state index in [1.54, 1.807) is 13.8 Å². The van der Waals surface area contributed by atoms with Gasteiger partial charge in [0.1, 0.15) is 22.6 Å². The highest BCUT2D eigenvalue weighted by atomic mass is 16.5. The van der Waals surface area contributed by atoms with Crippen LogP contribution >= 0.6 is 0 Å². The van der Waals surface area contributed by atoms with Gasteiger partial charge in [-0.25, -0.2) is 9.59 Å². The van der Waals surface area contributed by atoms with Gasteiger partial charge in [0.25, 0.3) is 0 Å². The molecule has 0 aromatic heterocycles. The number of rotatable bonds is 10. The Morgan fingerprint density at radius 2 is 1.11 bits per heavy atom. The van der Waals surface area contributed by atoms with Gasteiger partial charge in [-0.05, 0) is 26.7 Å². The molecule has 28 heavy (non-hydrogen) atoms. The third-order valence-electron chi connectivity index (χ3n) is 3.98. The highest BCUT2D eigenvalue weighted by Crippen LogP contribution is 2.42. The molecule has 0 radical (unpaired) electrons. The molecule has 0 heterocycles. The second kappa shape index (κ2) is 10.5. The van der Waals surface area contributed by atoms with E-state index < -0.39 is 11.9 Å². The van der Waals surface area contributed by atoms with Gasteiger partial charge < -0.3 is 18.9 Å². The molecule has 0 unspecified atom stereocenters. The minimum Gasteiger partial charge on any atom is -0.492 e. The van der Waals surface area contributed by atoms with Crippen LogP contribution in [0.4, 0.5) is 0 Å². The second-order valence-corrected chi connectivity index (χ2v) is 6.09. The first-order valence-corrected chi connectivity index (χ1v) is 9.79. The molecule has 6 heteroatoms. The lowest BCUT2D eigenvalue weighted by molar-refractivity contribution is 0.0471. The van der Waals surface area contributed by atoms with Gasteiger partial charge in [0.05, 0.1) is 26.4 Å². The number of ether oxygens (including phenoxy) is 4. The van der Waals surface area contributed by atoms with Crippen molar-refractivity contribution in [3.05, 3.63) is 35.4 Å². The first-order chi connectivity index (χ1) is 13.6. The van der Waals surface area contributed by atoms with Crippen molar-refractivity contribution in [1.82, 2.24) is 0 Å². The van der Waals surface area contributed by atoms with Gasteiger partial charge in [-0.3, -0.25) is 0 Å². The van der Waals surface area contributed by atoms with E-state index in [1.165, 1.54) is 0 Å². The van der Waals surface area contributed by atoms with Crippen molar-refractivity contribution in [3.63, 3.8) is 0 Å². The molecule has 152 valence electrons. The van der Waals surface area contributed by atoms with E-state index in [0.29, 0.717) is 35.5 Å². The number of hydrogen-bond acceptors (Lipinski definition) is 6. The maximum absolute atomic E-state index is 12.9. The van der Waals surface area contributed by atoms with Crippen LogP contribution in [-0.2, 0) is 9.47 Å². The van der Waals surface area contributed by atoms with Crippen molar-refractivity contribution in [1.29, 1.82) is 0 Å². The zero-order valence-corrected chi connectivity index (χ0v) is 17.0. The summed E-state index contributed by atoms with van der Waals surface area (Å²) >= 11 is 0. The summed E-state index contributed by atoms with van der Waals surface area (Å²) in [6.45, 7) is 8.50. The maximum atomic E-state index is 12.9. The number of fused-ring (bicyclic) bond motifs is 1. The zero-order valence-electron chi connectivity index (χ0n) is 17.0. The lowest BCUT2D eigenvalue weighted by Crippen LogP contribution is -2.18. The fraction of sp³-hybridized carbons (Fsp3) is 0.455. The fourth-order valence-electron chi connectivity index (χ4n) is 2.88. The summed E-state index contributed by atoms with van der Waals surface area (Å²) in [7, 11) is 0. The Bertz CT molecular complexity index is 759. The van der Waals surface area contributed by atoms with Crippen LogP contribution in [0, 0.1) is 0 Å². The minimum absolute atomic E-state index is 0.0542. The summed E-state index contributed by atoms with van der Waals surface area (Å²) in [5.74, 6) is -0.627. The molecule has 0 aliphatic carbocycles. The molecule has 0 bridgehead atoms. The van der Waals surface area contributed by atoms with E-state index in [1.807, 2.05) is 38.1 Å². The Morgan fingerprint density at radius 3 is 1.43 bits per heavy atom. The zero-order chi connectivity index (χ0) is 20.5. The van der Waals surface area contributed by atoms with Gasteiger partial charge in [-0.2, -0.15) is 0 Å². The molecule has 2 aromatic rings. The van der Waals surface area contributed by atoms with E-state index in [-0.39, 0.29) is 24.3 Å². The van der Waals surface area contributed by atoms with Crippen molar-refractivity contribution in [2.24, 2.45) is 0 Å². The molecule has 0 saturated heterocycles. The van der Waals surface area contributed by atoms with Crippen LogP contribution in [0.1, 0.15) is 61.3 Å². The average molecular weight is 388 g/mol. The topological polar surface area (TPSA) is 71.1 Å². The number of carbonyl (C=O) groups is 2. The highest BCUT2D eigenvalue weighted by molar-refractivity contribution is 6.14. The van der Waals surface area contributed by atoms with Crippen molar-refractivity contribution in [2.45, 2.75) is 40.5 Å². The Kier molecular flexibility index (Phi) is 8.11. The maximum Gasteiger partial charge on any atom is 0.342 e. The Balaban J connectivity index is 2.90. The van der Waals surface area contributed by atoms with E-state index in [0.717, 1.165) is 12.8 Å². The number of esters is 2. The Hall–Kier alpha value is -2.76. The lowest BCUT2D eigenvalue weighted by Gasteiger charge is -2.20. The monoisotopic (exact) mass is 388 g/mol. The summed E-state index contributed by atoms with van der Waals surface area (Å²) in [5.41, 5.74) is 0.108.